The molecule has 0 atom stereocenters. The lowest BCUT2D eigenvalue weighted by Gasteiger charge is -2.05. The normalized spacial score (nSPS) is 11.0. The van der Waals surface area contributed by atoms with Crippen molar-refractivity contribution in [3.05, 3.63) is 82.5 Å². The van der Waals surface area contributed by atoms with Gasteiger partial charge in [0.05, 0.1) is 11.2 Å². The Bertz CT molecular complexity index is 1050. The Morgan fingerprint density at radius 2 is 1.70 bits per heavy atom. The highest BCUT2D eigenvalue weighted by Crippen LogP contribution is 2.32. The van der Waals surface area contributed by atoms with Crippen LogP contribution in [0.3, 0.4) is 0 Å². The van der Waals surface area contributed by atoms with Crippen molar-refractivity contribution in [1.29, 1.82) is 0 Å². The second-order valence-corrected chi connectivity index (χ2v) is 5.94. The number of hydrogen-bond donors (Lipinski definition) is 0. The molecule has 0 radical (unpaired) electrons. The lowest BCUT2D eigenvalue weighted by atomic mass is 10.1. The molecule has 2 heterocycles. The van der Waals surface area contributed by atoms with E-state index in [1.54, 1.807) is 23.6 Å². The molecule has 23 heavy (non-hydrogen) atoms. The van der Waals surface area contributed by atoms with E-state index in [-0.39, 0.29) is 11.4 Å². The summed E-state index contributed by atoms with van der Waals surface area (Å²) in [5.74, 6) is -0.318. The molecule has 112 valence electrons. The number of rotatable bonds is 2. The largest absolute Gasteiger partial charge is 0.275 e. The number of nitrogens with zero attached hydrogens (tertiary/aromatic N) is 2. The van der Waals surface area contributed by atoms with Crippen LogP contribution in [0.1, 0.15) is 0 Å². The maximum absolute atomic E-state index is 14.0. The van der Waals surface area contributed by atoms with Gasteiger partial charge in [-0.3, -0.25) is 9.36 Å². The molecule has 5 heteroatoms. The molecule has 0 aliphatic rings. The lowest BCUT2D eigenvalue weighted by molar-refractivity contribution is 0.631. The molecule has 0 bridgehead atoms. The monoisotopic (exact) mass is 322 g/mol. The Morgan fingerprint density at radius 1 is 0.957 bits per heavy atom. The van der Waals surface area contributed by atoms with Crippen LogP contribution in [0.15, 0.2) is 71.1 Å². The van der Waals surface area contributed by atoms with Gasteiger partial charge in [0.1, 0.15) is 16.8 Å². The zero-order valence-electron chi connectivity index (χ0n) is 11.9. The molecule has 3 nitrogen and oxygen atoms in total. The maximum Gasteiger partial charge on any atom is 0.275 e. The van der Waals surface area contributed by atoms with E-state index in [0.717, 1.165) is 5.69 Å². The van der Waals surface area contributed by atoms with Crippen LogP contribution < -0.4 is 5.56 Å². The second kappa shape index (κ2) is 5.44. The van der Waals surface area contributed by atoms with Crippen molar-refractivity contribution >= 4 is 21.6 Å². The highest BCUT2D eigenvalue weighted by atomic mass is 32.1. The molecular formula is C18H11FN2OS. The summed E-state index contributed by atoms with van der Waals surface area (Å²) in [6, 6.07) is 15.8. The topological polar surface area (TPSA) is 34.9 Å². The van der Waals surface area contributed by atoms with Gasteiger partial charge in [-0.25, -0.2) is 9.37 Å². The van der Waals surface area contributed by atoms with Crippen LogP contribution in [0, 0.1) is 5.82 Å². The molecule has 0 amide bonds. The van der Waals surface area contributed by atoms with Gasteiger partial charge in [0.25, 0.3) is 5.56 Å². The zero-order valence-corrected chi connectivity index (χ0v) is 12.8. The summed E-state index contributed by atoms with van der Waals surface area (Å²) in [6.07, 6.45) is 1.50. The number of thiophene rings is 1. The third-order valence-electron chi connectivity index (χ3n) is 3.68. The van der Waals surface area contributed by atoms with Crippen LogP contribution in [0.25, 0.3) is 27.0 Å². The molecule has 0 unspecified atom stereocenters. The molecule has 0 N–H and O–H groups in total. The van der Waals surface area contributed by atoms with Gasteiger partial charge in [-0.15, -0.1) is 11.3 Å². The van der Waals surface area contributed by atoms with E-state index in [2.05, 4.69) is 4.98 Å². The lowest BCUT2D eigenvalue weighted by Crippen LogP contribution is -2.17. The minimum absolute atomic E-state index is 0.145. The Hall–Kier alpha value is -2.79. The predicted molar refractivity (Wildman–Crippen MR) is 90.6 cm³/mol. The van der Waals surface area contributed by atoms with E-state index in [1.807, 2.05) is 30.3 Å². The Balaban J connectivity index is 1.95. The number of fused-ring (bicyclic) bond motifs is 1. The SMILES string of the molecule is O=c1c2scc(-c3ccccc3F)c2ncn1-c1ccccc1. The van der Waals surface area contributed by atoms with E-state index in [1.165, 1.54) is 28.3 Å². The summed E-state index contributed by atoms with van der Waals surface area (Å²) in [7, 11) is 0. The van der Waals surface area contributed by atoms with Gasteiger partial charge in [-0.1, -0.05) is 36.4 Å². The zero-order chi connectivity index (χ0) is 15.8. The Labute approximate surface area is 135 Å². The number of hydrogen-bond acceptors (Lipinski definition) is 3. The Kier molecular flexibility index (Phi) is 3.28. The van der Waals surface area contributed by atoms with Gasteiger partial charge in [-0.2, -0.15) is 0 Å². The first-order chi connectivity index (χ1) is 11.3. The molecule has 0 aliphatic heterocycles. The summed E-state index contributed by atoms with van der Waals surface area (Å²) in [6.45, 7) is 0. The number of halogens is 1. The molecular weight excluding hydrogens is 311 g/mol. The van der Waals surface area contributed by atoms with Crippen LogP contribution in [0.2, 0.25) is 0 Å². The van der Waals surface area contributed by atoms with E-state index in [4.69, 9.17) is 0 Å². The van der Waals surface area contributed by atoms with Gasteiger partial charge in [0.15, 0.2) is 0 Å². The quantitative estimate of drug-likeness (QED) is 0.553. The van der Waals surface area contributed by atoms with Crippen LogP contribution in [0.4, 0.5) is 4.39 Å². The molecule has 0 spiro atoms. The molecule has 0 saturated carbocycles. The van der Waals surface area contributed by atoms with Crippen molar-refractivity contribution in [2.24, 2.45) is 0 Å². The minimum Gasteiger partial charge on any atom is -0.267 e. The first kappa shape index (κ1) is 13.8. The number of benzene rings is 2. The Morgan fingerprint density at radius 3 is 2.48 bits per heavy atom. The van der Waals surface area contributed by atoms with Crippen LogP contribution >= 0.6 is 11.3 Å². The smallest absolute Gasteiger partial charge is 0.267 e. The van der Waals surface area contributed by atoms with Crippen molar-refractivity contribution in [3.63, 3.8) is 0 Å². The average molecular weight is 322 g/mol. The number of para-hydroxylation sites is 1. The fourth-order valence-electron chi connectivity index (χ4n) is 2.55. The predicted octanol–water partition coefficient (Wildman–Crippen LogP) is 4.25. The highest BCUT2D eigenvalue weighted by Gasteiger charge is 2.15. The van der Waals surface area contributed by atoms with E-state index >= 15 is 0 Å². The van der Waals surface area contributed by atoms with Gasteiger partial charge in [0.2, 0.25) is 0 Å². The first-order valence-electron chi connectivity index (χ1n) is 7.05. The third kappa shape index (κ3) is 2.26. The summed E-state index contributed by atoms with van der Waals surface area (Å²) in [5, 5.41) is 1.78. The minimum atomic E-state index is -0.318. The molecule has 2 aromatic carbocycles. The van der Waals surface area contributed by atoms with E-state index < -0.39 is 0 Å². The van der Waals surface area contributed by atoms with Crippen molar-refractivity contribution in [2.75, 3.05) is 0 Å². The van der Waals surface area contributed by atoms with E-state index in [9.17, 15) is 9.18 Å². The number of aromatic nitrogens is 2. The second-order valence-electron chi connectivity index (χ2n) is 5.06. The van der Waals surface area contributed by atoms with Gasteiger partial charge in [0, 0.05) is 16.5 Å². The summed E-state index contributed by atoms with van der Waals surface area (Å²) < 4.78 is 16.0. The summed E-state index contributed by atoms with van der Waals surface area (Å²) in [5.41, 5.74) is 2.27. The van der Waals surface area contributed by atoms with Crippen molar-refractivity contribution in [2.45, 2.75) is 0 Å². The fourth-order valence-corrected chi connectivity index (χ4v) is 3.50. The van der Waals surface area contributed by atoms with E-state index in [0.29, 0.717) is 21.3 Å². The fraction of sp³-hybridized carbons (Fsp3) is 0. The summed E-state index contributed by atoms with van der Waals surface area (Å²) >= 11 is 1.29. The third-order valence-corrected chi connectivity index (χ3v) is 4.64. The molecule has 4 aromatic rings. The van der Waals surface area contributed by atoms with Crippen LogP contribution in [-0.2, 0) is 0 Å². The van der Waals surface area contributed by atoms with Crippen molar-refractivity contribution in [1.82, 2.24) is 9.55 Å². The van der Waals surface area contributed by atoms with Gasteiger partial charge < -0.3 is 0 Å². The molecule has 0 aliphatic carbocycles. The molecule has 4 rings (SSSR count). The molecule has 0 saturated heterocycles. The summed E-state index contributed by atoms with van der Waals surface area (Å²) in [4.78, 5) is 17.1. The maximum atomic E-state index is 14.0. The first-order valence-corrected chi connectivity index (χ1v) is 7.93. The van der Waals surface area contributed by atoms with Gasteiger partial charge in [-0.05, 0) is 18.2 Å². The molecule has 0 fully saturated rings. The van der Waals surface area contributed by atoms with Crippen molar-refractivity contribution in [3.8, 4) is 16.8 Å². The molecule has 2 aromatic heterocycles. The van der Waals surface area contributed by atoms with Gasteiger partial charge >= 0.3 is 0 Å². The van der Waals surface area contributed by atoms with Crippen LogP contribution in [-0.4, -0.2) is 9.55 Å². The standard InChI is InChI=1S/C18H11FN2OS/c19-15-9-5-4-8-13(15)14-10-23-17-16(14)20-11-21(18(17)22)12-6-2-1-3-7-12/h1-11H. The average Bonchev–Trinajstić information content (AvgIpc) is 3.01. The van der Waals surface area contributed by atoms with Crippen molar-refractivity contribution < 1.29 is 4.39 Å². The van der Waals surface area contributed by atoms with Crippen LogP contribution in [0.5, 0.6) is 0 Å². The highest BCUT2D eigenvalue weighted by molar-refractivity contribution is 7.17.